The molecule has 0 radical (unpaired) electrons. The van der Waals surface area contributed by atoms with Crippen molar-refractivity contribution >= 4 is 23.2 Å². The van der Waals surface area contributed by atoms with Crippen LogP contribution in [0.1, 0.15) is 43.2 Å². The number of carbonyl (C=O) groups excluding carboxylic acids is 2. The Balaban J connectivity index is 1.64. The van der Waals surface area contributed by atoms with E-state index in [1.165, 1.54) is 6.42 Å². The first-order chi connectivity index (χ1) is 14.5. The first kappa shape index (κ1) is 22.0. The summed E-state index contributed by atoms with van der Waals surface area (Å²) < 4.78 is 0. The predicted octanol–water partition coefficient (Wildman–Crippen LogP) is 4.54. The van der Waals surface area contributed by atoms with Gasteiger partial charge in [-0.05, 0) is 57.0 Å². The number of benzene rings is 2. The van der Waals surface area contributed by atoms with Gasteiger partial charge in [-0.25, -0.2) is 0 Å². The SMILES string of the molecule is Cc1cccc(C)c1NC(=O)CN(C)CC(=O)N(c1ccccc1)C1CCCCC1. The van der Waals surface area contributed by atoms with Gasteiger partial charge in [0, 0.05) is 17.4 Å². The third-order valence-electron chi connectivity index (χ3n) is 5.81. The lowest BCUT2D eigenvalue weighted by Gasteiger charge is -2.35. The van der Waals surface area contributed by atoms with Gasteiger partial charge >= 0.3 is 0 Å². The van der Waals surface area contributed by atoms with Crippen molar-refractivity contribution in [2.24, 2.45) is 0 Å². The number of rotatable bonds is 7. The van der Waals surface area contributed by atoms with Crippen LogP contribution in [0.3, 0.4) is 0 Å². The molecule has 3 rings (SSSR count). The van der Waals surface area contributed by atoms with Crippen molar-refractivity contribution in [2.45, 2.75) is 52.0 Å². The Bertz CT molecular complexity index is 840. The van der Waals surface area contributed by atoms with Gasteiger partial charge in [0.25, 0.3) is 0 Å². The fraction of sp³-hybridized carbons (Fsp3) is 0.440. The van der Waals surface area contributed by atoms with Gasteiger partial charge in [-0.1, -0.05) is 55.7 Å². The van der Waals surface area contributed by atoms with Crippen molar-refractivity contribution in [3.8, 4) is 0 Å². The second kappa shape index (κ2) is 10.4. The van der Waals surface area contributed by atoms with E-state index in [9.17, 15) is 9.59 Å². The molecule has 0 aliphatic heterocycles. The minimum absolute atomic E-state index is 0.0514. The van der Waals surface area contributed by atoms with Crippen LogP contribution in [-0.2, 0) is 9.59 Å². The van der Waals surface area contributed by atoms with Crippen molar-refractivity contribution < 1.29 is 9.59 Å². The van der Waals surface area contributed by atoms with Gasteiger partial charge in [0.1, 0.15) is 0 Å². The molecule has 0 atom stereocenters. The molecule has 0 saturated heterocycles. The van der Waals surface area contributed by atoms with Crippen molar-refractivity contribution in [3.63, 3.8) is 0 Å². The normalized spacial score (nSPS) is 14.5. The molecule has 0 spiro atoms. The minimum Gasteiger partial charge on any atom is -0.324 e. The Hall–Kier alpha value is -2.66. The maximum Gasteiger partial charge on any atom is 0.241 e. The molecule has 0 aromatic heterocycles. The molecule has 160 valence electrons. The molecule has 2 aromatic rings. The van der Waals surface area contributed by atoms with Crippen molar-refractivity contribution in [2.75, 3.05) is 30.4 Å². The monoisotopic (exact) mass is 407 g/mol. The number of para-hydroxylation sites is 2. The van der Waals surface area contributed by atoms with Crippen molar-refractivity contribution in [3.05, 3.63) is 59.7 Å². The summed E-state index contributed by atoms with van der Waals surface area (Å²) in [4.78, 5) is 29.6. The Kier molecular flexibility index (Phi) is 7.63. The standard InChI is InChI=1S/C25H33N3O2/c1-19-11-10-12-20(2)25(19)26-23(29)17-27(3)18-24(30)28(21-13-6-4-7-14-21)22-15-8-5-9-16-22/h4,6-7,10-14,22H,5,8-9,15-18H2,1-3H3,(H,26,29). The lowest BCUT2D eigenvalue weighted by atomic mass is 9.93. The van der Waals surface area contributed by atoms with E-state index in [1.54, 1.807) is 4.90 Å². The summed E-state index contributed by atoms with van der Waals surface area (Å²) in [6.07, 6.45) is 5.64. The highest BCUT2D eigenvalue weighted by Crippen LogP contribution is 2.27. The van der Waals surface area contributed by atoms with Crippen LogP contribution in [0.5, 0.6) is 0 Å². The Labute approximate surface area is 180 Å². The zero-order valence-electron chi connectivity index (χ0n) is 18.4. The molecule has 30 heavy (non-hydrogen) atoms. The van der Waals surface area contributed by atoms with Gasteiger partial charge < -0.3 is 10.2 Å². The molecule has 2 aromatic carbocycles. The number of nitrogens with zero attached hydrogens (tertiary/aromatic N) is 2. The van der Waals surface area contributed by atoms with Crippen LogP contribution in [0.2, 0.25) is 0 Å². The predicted molar refractivity (Wildman–Crippen MR) is 123 cm³/mol. The lowest BCUT2D eigenvalue weighted by Crippen LogP contribution is -2.47. The molecule has 5 heteroatoms. The average molecular weight is 408 g/mol. The third-order valence-corrected chi connectivity index (χ3v) is 5.81. The van der Waals surface area contributed by atoms with E-state index in [-0.39, 0.29) is 30.9 Å². The van der Waals surface area contributed by atoms with E-state index in [0.29, 0.717) is 0 Å². The Morgan fingerprint density at radius 1 is 0.900 bits per heavy atom. The Morgan fingerprint density at radius 2 is 1.53 bits per heavy atom. The summed E-state index contributed by atoms with van der Waals surface area (Å²) in [7, 11) is 1.83. The van der Waals surface area contributed by atoms with Crippen LogP contribution in [0.4, 0.5) is 11.4 Å². The first-order valence-corrected chi connectivity index (χ1v) is 10.9. The number of nitrogens with one attached hydrogen (secondary N) is 1. The average Bonchev–Trinajstić information content (AvgIpc) is 2.72. The summed E-state index contributed by atoms with van der Waals surface area (Å²) in [6.45, 7) is 4.36. The summed E-state index contributed by atoms with van der Waals surface area (Å²) in [5.74, 6) is -0.0536. The van der Waals surface area contributed by atoms with Gasteiger partial charge in [0.2, 0.25) is 11.8 Å². The van der Waals surface area contributed by atoms with Crippen molar-refractivity contribution in [1.29, 1.82) is 0 Å². The van der Waals surface area contributed by atoms with E-state index >= 15 is 0 Å². The number of likely N-dealkylation sites (N-methyl/N-ethyl adjacent to an activating group) is 1. The molecule has 5 nitrogen and oxygen atoms in total. The maximum absolute atomic E-state index is 13.3. The highest BCUT2D eigenvalue weighted by Gasteiger charge is 2.27. The van der Waals surface area contributed by atoms with Crippen LogP contribution in [0.15, 0.2) is 48.5 Å². The quantitative estimate of drug-likeness (QED) is 0.733. The maximum atomic E-state index is 13.3. The van der Waals surface area contributed by atoms with E-state index < -0.39 is 0 Å². The molecule has 1 aliphatic rings. The summed E-state index contributed by atoms with van der Waals surface area (Å²) in [6, 6.07) is 16.1. The smallest absolute Gasteiger partial charge is 0.241 e. The van der Waals surface area contributed by atoms with Crippen LogP contribution >= 0.6 is 0 Å². The number of carbonyl (C=O) groups is 2. The van der Waals surface area contributed by atoms with Crippen LogP contribution in [0, 0.1) is 13.8 Å². The van der Waals surface area contributed by atoms with E-state index in [1.807, 2.05) is 74.3 Å². The highest BCUT2D eigenvalue weighted by molar-refractivity contribution is 5.97. The molecule has 0 unspecified atom stereocenters. The molecular formula is C25H33N3O2. The fourth-order valence-corrected chi connectivity index (χ4v) is 4.28. The highest BCUT2D eigenvalue weighted by atomic mass is 16.2. The van der Waals surface area contributed by atoms with Gasteiger partial charge in [-0.15, -0.1) is 0 Å². The zero-order chi connectivity index (χ0) is 21.5. The second-order valence-electron chi connectivity index (χ2n) is 8.38. The number of hydrogen-bond acceptors (Lipinski definition) is 3. The number of aryl methyl sites for hydroxylation is 2. The topological polar surface area (TPSA) is 52.7 Å². The molecule has 0 bridgehead atoms. The minimum atomic E-state index is -0.105. The van der Waals surface area contributed by atoms with Crippen molar-refractivity contribution in [1.82, 2.24) is 4.90 Å². The van der Waals surface area contributed by atoms with Crippen LogP contribution < -0.4 is 10.2 Å². The molecule has 1 aliphatic carbocycles. The van der Waals surface area contributed by atoms with Crippen LogP contribution in [0.25, 0.3) is 0 Å². The summed E-state index contributed by atoms with van der Waals surface area (Å²) in [5, 5.41) is 3.00. The summed E-state index contributed by atoms with van der Waals surface area (Å²) >= 11 is 0. The summed E-state index contributed by atoms with van der Waals surface area (Å²) in [5.41, 5.74) is 3.88. The molecule has 0 heterocycles. The van der Waals surface area contributed by atoms with E-state index in [4.69, 9.17) is 0 Å². The number of hydrogen-bond donors (Lipinski definition) is 1. The molecule has 1 N–H and O–H groups in total. The molecule has 1 saturated carbocycles. The molecule has 2 amide bonds. The number of anilines is 2. The lowest BCUT2D eigenvalue weighted by molar-refractivity contribution is -0.121. The third kappa shape index (κ3) is 5.70. The Morgan fingerprint density at radius 3 is 2.17 bits per heavy atom. The number of amides is 2. The van der Waals surface area contributed by atoms with E-state index in [0.717, 1.165) is 48.2 Å². The fourth-order valence-electron chi connectivity index (χ4n) is 4.28. The van der Waals surface area contributed by atoms with Gasteiger partial charge in [0.15, 0.2) is 0 Å². The second-order valence-corrected chi connectivity index (χ2v) is 8.38. The van der Waals surface area contributed by atoms with Gasteiger partial charge in [0.05, 0.1) is 13.1 Å². The van der Waals surface area contributed by atoms with E-state index in [2.05, 4.69) is 5.32 Å². The van der Waals surface area contributed by atoms with Crippen LogP contribution in [-0.4, -0.2) is 42.9 Å². The molecular weight excluding hydrogens is 374 g/mol. The largest absolute Gasteiger partial charge is 0.324 e. The van der Waals surface area contributed by atoms with Gasteiger partial charge in [-0.3, -0.25) is 14.5 Å². The zero-order valence-corrected chi connectivity index (χ0v) is 18.4. The molecule has 1 fully saturated rings. The first-order valence-electron chi connectivity index (χ1n) is 10.9. The van der Waals surface area contributed by atoms with Gasteiger partial charge in [-0.2, -0.15) is 0 Å².